The molecule has 0 atom stereocenters. The second-order valence-corrected chi connectivity index (χ2v) is 10.6. The molecule has 1 amide bonds. The van der Waals surface area contributed by atoms with Crippen molar-refractivity contribution in [3.63, 3.8) is 0 Å². The first kappa shape index (κ1) is 20.5. The van der Waals surface area contributed by atoms with Crippen LogP contribution in [0.5, 0.6) is 5.75 Å². The van der Waals surface area contributed by atoms with Crippen molar-refractivity contribution >= 4 is 38.1 Å². The molecule has 0 radical (unpaired) electrons. The molecule has 152 valence electrons. The Morgan fingerprint density at radius 3 is 2.39 bits per heavy atom. The summed E-state index contributed by atoms with van der Waals surface area (Å²) in [4.78, 5) is 12.0. The van der Waals surface area contributed by atoms with Crippen molar-refractivity contribution < 1.29 is 17.9 Å². The van der Waals surface area contributed by atoms with E-state index >= 15 is 0 Å². The number of ether oxygens (including phenoxy) is 1. The lowest BCUT2D eigenvalue weighted by Crippen LogP contribution is -2.27. The molecule has 1 aliphatic carbocycles. The SMILES string of the molecule is CC(C)(C)C(=O)Nc1nnc(S(=O)(=O)Nc2ccc(OC3CCCC3)cc2)s1. The zero-order valence-corrected chi connectivity index (χ0v) is 17.7. The summed E-state index contributed by atoms with van der Waals surface area (Å²) in [7, 11) is -3.90. The van der Waals surface area contributed by atoms with Gasteiger partial charge in [-0.05, 0) is 49.9 Å². The van der Waals surface area contributed by atoms with E-state index in [0.29, 0.717) is 5.69 Å². The number of amides is 1. The molecule has 1 aliphatic rings. The number of benzene rings is 1. The van der Waals surface area contributed by atoms with E-state index in [2.05, 4.69) is 20.2 Å². The number of nitrogens with zero attached hydrogens (tertiary/aromatic N) is 2. The molecule has 10 heteroatoms. The monoisotopic (exact) mass is 424 g/mol. The standard InChI is InChI=1S/C18H24N4O4S2/c1-18(2,3)15(23)19-16-20-21-17(27-16)28(24,25)22-12-8-10-14(11-9-12)26-13-6-4-5-7-13/h8-11,13,22H,4-7H2,1-3H3,(H,19,20,23). The van der Waals surface area contributed by atoms with Crippen molar-refractivity contribution in [3.8, 4) is 5.75 Å². The topological polar surface area (TPSA) is 110 Å². The lowest BCUT2D eigenvalue weighted by molar-refractivity contribution is -0.123. The van der Waals surface area contributed by atoms with Crippen LogP contribution in [0.1, 0.15) is 46.5 Å². The molecule has 1 heterocycles. The number of hydrogen-bond donors (Lipinski definition) is 2. The van der Waals surface area contributed by atoms with Gasteiger partial charge in [0.1, 0.15) is 5.75 Å². The van der Waals surface area contributed by atoms with Crippen molar-refractivity contribution in [1.29, 1.82) is 0 Å². The first-order valence-corrected chi connectivity index (χ1v) is 11.4. The summed E-state index contributed by atoms with van der Waals surface area (Å²) >= 11 is 0.799. The van der Waals surface area contributed by atoms with E-state index in [4.69, 9.17) is 4.74 Å². The first-order valence-electron chi connectivity index (χ1n) is 9.08. The Bertz CT molecular complexity index is 927. The van der Waals surface area contributed by atoms with Gasteiger partial charge in [0.15, 0.2) is 0 Å². The average Bonchev–Trinajstić information content (AvgIpc) is 3.28. The van der Waals surface area contributed by atoms with Crippen molar-refractivity contribution in [3.05, 3.63) is 24.3 Å². The van der Waals surface area contributed by atoms with Crippen molar-refractivity contribution in [2.24, 2.45) is 5.41 Å². The largest absolute Gasteiger partial charge is 0.490 e. The summed E-state index contributed by atoms with van der Waals surface area (Å²) in [6.07, 6.45) is 4.72. The van der Waals surface area contributed by atoms with E-state index in [-0.39, 0.29) is 21.5 Å². The van der Waals surface area contributed by atoms with Gasteiger partial charge in [-0.2, -0.15) is 8.42 Å². The molecule has 1 fully saturated rings. The summed E-state index contributed by atoms with van der Waals surface area (Å²) in [5.74, 6) is 0.455. The van der Waals surface area contributed by atoms with Crippen LogP contribution in [0, 0.1) is 5.41 Å². The third-order valence-electron chi connectivity index (χ3n) is 4.25. The Kier molecular flexibility index (Phi) is 5.90. The van der Waals surface area contributed by atoms with Gasteiger partial charge < -0.3 is 10.1 Å². The molecule has 2 N–H and O–H groups in total. The molecular weight excluding hydrogens is 400 g/mol. The highest BCUT2D eigenvalue weighted by atomic mass is 32.2. The minimum atomic E-state index is -3.90. The van der Waals surface area contributed by atoms with Gasteiger partial charge >= 0.3 is 0 Å². The van der Waals surface area contributed by atoms with Gasteiger partial charge in [-0.15, -0.1) is 10.2 Å². The first-order chi connectivity index (χ1) is 13.1. The zero-order valence-electron chi connectivity index (χ0n) is 16.1. The van der Waals surface area contributed by atoms with Gasteiger partial charge in [-0.25, -0.2) is 0 Å². The van der Waals surface area contributed by atoms with Crippen molar-refractivity contribution in [2.75, 3.05) is 10.0 Å². The molecule has 1 saturated carbocycles. The second kappa shape index (κ2) is 8.04. The maximum absolute atomic E-state index is 12.5. The van der Waals surface area contributed by atoms with Crippen LogP contribution in [-0.4, -0.2) is 30.6 Å². The number of carbonyl (C=O) groups is 1. The van der Waals surface area contributed by atoms with Gasteiger partial charge in [0.25, 0.3) is 14.4 Å². The molecule has 1 aromatic carbocycles. The van der Waals surface area contributed by atoms with Gasteiger partial charge in [0.2, 0.25) is 11.0 Å². The molecule has 3 rings (SSSR count). The zero-order chi connectivity index (χ0) is 20.4. The van der Waals surface area contributed by atoms with E-state index < -0.39 is 15.4 Å². The molecular formula is C18H24N4O4S2. The average molecular weight is 425 g/mol. The minimum Gasteiger partial charge on any atom is -0.490 e. The van der Waals surface area contributed by atoms with Gasteiger partial charge in [-0.3, -0.25) is 9.52 Å². The maximum Gasteiger partial charge on any atom is 0.291 e. The van der Waals surface area contributed by atoms with Crippen LogP contribution >= 0.6 is 11.3 Å². The molecule has 2 aromatic rings. The number of sulfonamides is 1. The molecule has 0 saturated heterocycles. The van der Waals surface area contributed by atoms with E-state index in [0.717, 1.165) is 29.9 Å². The molecule has 0 unspecified atom stereocenters. The molecule has 8 nitrogen and oxygen atoms in total. The fourth-order valence-corrected chi connectivity index (χ4v) is 4.61. The summed E-state index contributed by atoms with van der Waals surface area (Å²) in [5, 5.41) is 10.1. The number of hydrogen-bond acceptors (Lipinski definition) is 7. The second-order valence-electron chi connectivity index (χ2n) is 7.73. The van der Waals surface area contributed by atoms with Crippen LogP contribution in [0.15, 0.2) is 28.6 Å². The van der Waals surface area contributed by atoms with Crippen LogP contribution in [0.3, 0.4) is 0 Å². The number of rotatable bonds is 6. The summed E-state index contributed by atoms with van der Waals surface area (Å²) in [6.45, 7) is 5.26. The molecule has 0 spiro atoms. The quantitative estimate of drug-likeness (QED) is 0.685. The van der Waals surface area contributed by atoms with Crippen LogP contribution in [0.2, 0.25) is 0 Å². The van der Waals surface area contributed by atoms with Crippen molar-refractivity contribution in [1.82, 2.24) is 10.2 Å². The normalized spacial score (nSPS) is 15.4. The molecule has 0 bridgehead atoms. The highest BCUT2D eigenvalue weighted by Crippen LogP contribution is 2.27. The summed E-state index contributed by atoms with van der Waals surface area (Å²) in [5.41, 5.74) is -0.222. The fraction of sp³-hybridized carbons (Fsp3) is 0.500. The highest BCUT2D eigenvalue weighted by molar-refractivity contribution is 7.94. The van der Waals surface area contributed by atoms with E-state index in [1.807, 2.05) is 0 Å². The lowest BCUT2D eigenvalue weighted by Gasteiger charge is -2.15. The summed E-state index contributed by atoms with van der Waals surface area (Å²) < 4.78 is 33.1. The predicted octanol–water partition coefficient (Wildman–Crippen LogP) is 3.64. The summed E-state index contributed by atoms with van der Waals surface area (Å²) in [6, 6.07) is 6.77. The molecule has 28 heavy (non-hydrogen) atoms. The van der Waals surface area contributed by atoms with Crippen LogP contribution < -0.4 is 14.8 Å². The van der Waals surface area contributed by atoms with E-state index in [1.165, 1.54) is 12.8 Å². The van der Waals surface area contributed by atoms with E-state index in [9.17, 15) is 13.2 Å². The Hall–Kier alpha value is -2.20. The highest BCUT2D eigenvalue weighted by Gasteiger charge is 2.25. The Balaban J connectivity index is 1.64. The van der Waals surface area contributed by atoms with Gasteiger partial charge in [-0.1, -0.05) is 32.1 Å². The Labute approximate surface area is 168 Å². The minimum absolute atomic E-state index is 0.139. The number of carbonyl (C=O) groups excluding carboxylic acids is 1. The number of anilines is 2. The molecule has 0 aliphatic heterocycles. The van der Waals surface area contributed by atoms with Crippen LogP contribution in [0.25, 0.3) is 0 Å². The fourth-order valence-electron chi connectivity index (χ4n) is 2.65. The third kappa shape index (κ3) is 5.20. The maximum atomic E-state index is 12.5. The van der Waals surface area contributed by atoms with E-state index in [1.54, 1.807) is 45.0 Å². The lowest BCUT2D eigenvalue weighted by atomic mass is 9.96. The van der Waals surface area contributed by atoms with Crippen molar-refractivity contribution in [2.45, 2.75) is 56.9 Å². The Morgan fingerprint density at radius 2 is 1.79 bits per heavy atom. The van der Waals surface area contributed by atoms with Crippen LogP contribution in [-0.2, 0) is 14.8 Å². The van der Waals surface area contributed by atoms with Gasteiger partial charge in [0, 0.05) is 11.1 Å². The number of nitrogens with one attached hydrogen (secondary N) is 2. The third-order valence-corrected chi connectivity index (χ3v) is 6.84. The number of aromatic nitrogens is 2. The Morgan fingerprint density at radius 1 is 1.14 bits per heavy atom. The smallest absolute Gasteiger partial charge is 0.291 e. The van der Waals surface area contributed by atoms with Gasteiger partial charge in [0.05, 0.1) is 6.10 Å². The molecule has 1 aromatic heterocycles. The predicted molar refractivity (Wildman–Crippen MR) is 108 cm³/mol. The van der Waals surface area contributed by atoms with Crippen LogP contribution in [0.4, 0.5) is 10.8 Å².